The number of nitrogens with one attached hydrogen (secondary N) is 1. The molecule has 1 amide bonds. The highest BCUT2D eigenvalue weighted by molar-refractivity contribution is 7.86. The highest BCUT2D eigenvalue weighted by Crippen LogP contribution is 2.60. The van der Waals surface area contributed by atoms with Gasteiger partial charge in [0.05, 0.1) is 0 Å². The maximum absolute atomic E-state index is 12.7. The van der Waals surface area contributed by atoms with Gasteiger partial charge in [0.25, 0.3) is 0 Å². The van der Waals surface area contributed by atoms with Gasteiger partial charge in [-0.15, -0.1) is 0 Å². The number of hydrogen-bond donors (Lipinski definition) is 1. The number of carbonyl (C=O) groups excluding carboxylic acids is 1. The summed E-state index contributed by atoms with van der Waals surface area (Å²) in [4.78, 5) is 12.7. The third-order valence-corrected chi connectivity index (χ3v) is 7.72. The molecule has 4 heteroatoms. The van der Waals surface area contributed by atoms with Crippen LogP contribution in [0.15, 0.2) is 0 Å². The fourth-order valence-corrected chi connectivity index (χ4v) is 6.04. The topological polar surface area (TPSA) is 46.2 Å². The Hall–Kier alpha value is -0.380. The molecule has 0 aliphatic heterocycles. The van der Waals surface area contributed by atoms with Crippen molar-refractivity contribution >= 4 is 16.7 Å². The summed E-state index contributed by atoms with van der Waals surface area (Å²) in [7, 11) is -0.880. The molecule has 1 atom stereocenters. The molecule has 0 aromatic carbocycles. The Bertz CT molecular complexity index is 417. The van der Waals surface area contributed by atoms with Crippen molar-refractivity contribution in [3.63, 3.8) is 0 Å². The average molecular weight is 311 g/mol. The molecule has 0 aromatic heterocycles. The Morgan fingerprint density at radius 1 is 1.10 bits per heavy atom. The number of rotatable bonds is 4. The normalized spacial score (nSPS) is 39.3. The van der Waals surface area contributed by atoms with Gasteiger partial charge in [-0.2, -0.15) is 0 Å². The second-order valence-electron chi connectivity index (χ2n) is 8.62. The summed E-state index contributed by atoms with van der Waals surface area (Å²) in [5.74, 6) is 3.22. The third kappa shape index (κ3) is 3.06. The molecule has 21 heavy (non-hydrogen) atoms. The summed E-state index contributed by atoms with van der Waals surface area (Å²) < 4.78 is 11.9. The molecule has 4 rings (SSSR count). The van der Waals surface area contributed by atoms with E-state index in [2.05, 4.69) is 5.32 Å². The second-order valence-corrected chi connectivity index (χ2v) is 10.9. The molecule has 4 aliphatic rings. The van der Waals surface area contributed by atoms with Crippen molar-refractivity contribution in [3.05, 3.63) is 0 Å². The van der Waals surface area contributed by atoms with Crippen molar-refractivity contribution in [1.29, 1.82) is 0 Å². The molecule has 0 spiro atoms. The van der Waals surface area contributed by atoms with Crippen molar-refractivity contribution in [2.75, 3.05) is 12.3 Å². The number of hydrogen-bond acceptors (Lipinski definition) is 2. The number of carbonyl (C=O) groups is 1. The molecule has 0 unspecified atom stereocenters. The van der Waals surface area contributed by atoms with Gasteiger partial charge in [0, 0.05) is 33.3 Å². The lowest BCUT2D eigenvalue weighted by Gasteiger charge is -2.55. The largest absolute Gasteiger partial charge is 0.355 e. The Morgan fingerprint density at radius 2 is 1.57 bits per heavy atom. The van der Waals surface area contributed by atoms with E-state index in [-0.39, 0.29) is 16.1 Å². The SMILES string of the molecule is CC(C)(C)[S@@](=O)CCNC(=O)C12CC3CC(CC(C3)C1)C2. The van der Waals surface area contributed by atoms with E-state index in [1.807, 2.05) is 20.8 Å². The standard InChI is InChI=1S/C17H29NO2S/c1-16(2,3)21(20)5-4-18-15(19)17-9-12-6-13(10-17)8-14(7-12)11-17/h12-14H,4-11H2,1-3H3,(H,18,19)/t12?,13?,14?,17?,21-/m0/s1. The van der Waals surface area contributed by atoms with Gasteiger partial charge >= 0.3 is 0 Å². The van der Waals surface area contributed by atoms with Crippen molar-refractivity contribution in [1.82, 2.24) is 5.32 Å². The van der Waals surface area contributed by atoms with Gasteiger partial charge in [-0.05, 0) is 77.0 Å². The van der Waals surface area contributed by atoms with E-state index in [0.29, 0.717) is 12.3 Å². The van der Waals surface area contributed by atoms with Crippen molar-refractivity contribution in [2.24, 2.45) is 23.2 Å². The second kappa shape index (κ2) is 5.36. The van der Waals surface area contributed by atoms with Crippen molar-refractivity contribution < 1.29 is 9.00 Å². The predicted molar refractivity (Wildman–Crippen MR) is 86.4 cm³/mol. The van der Waals surface area contributed by atoms with Gasteiger partial charge in [-0.1, -0.05) is 0 Å². The first-order valence-electron chi connectivity index (χ1n) is 8.45. The van der Waals surface area contributed by atoms with Crippen LogP contribution in [0.25, 0.3) is 0 Å². The van der Waals surface area contributed by atoms with Gasteiger partial charge in [0.2, 0.25) is 5.91 Å². The van der Waals surface area contributed by atoms with Crippen LogP contribution < -0.4 is 5.32 Å². The van der Waals surface area contributed by atoms with E-state index in [1.54, 1.807) is 0 Å². The Balaban J connectivity index is 1.55. The van der Waals surface area contributed by atoms with Gasteiger partial charge in [-0.25, -0.2) is 0 Å². The van der Waals surface area contributed by atoms with Crippen LogP contribution in [0.2, 0.25) is 0 Å². The fraction of sp³-hybridized carbons (Fsp3) is 0.941. The molecule has 3 nitrogen and oxygen atoms in total. The highest BCUT2D eigenvalue weighted by atomic mass is 32.2. The summed E-state index contributed by atoms with van der Waals surface area (Å²) in [5.41, 5.74) is -0.0715. The Labute approximate surface area is 131 Å². The monoisotopic (exact) mass is 311 g/mol. The fourth-order valence-electron chi connectivity index (χ4n) is 5.14. The molecule has 4 bridgehead atoms. The molecule has 0 saturated heterocycles. The van der Waals surface area contributed by atoms with Crippen molar-refractivity contribution in [2.45, 2.75) is 64.0 Å². The summed E-state index contributed by atoms with van der Waals surface area (Å²) in [6, 6.07) is 0. The first-order valence-corrected chi connectivity index (χ1v) is 9.77. The molecule has 120 valence electrons. The first-order chi connectivity index (χ1) is 9.78. The Kier molecular flexibility index (Phi) is 3.96. The summed E-state index contributed by atoms with van der Waals surface area (Å²) in [5, 5.41) is 3.11. The molecule has 0 radical (unpaired) electrons. The summed E-state index contributed by atoms with van der Waals surface area (Å²) in [6.45, 7) is 6.53. The zero-order valence-corrected chi connectivity index (χ0v) is 14.4. The Morgan fingerprint density at radius 3 is 2.00 bits per heavy atom. The summed E-state index contributed by atoms with van der Waals surface area (Å²) in [6.07, 6.45) is 7.40. The smallest absolute Gasteiger partial charge is 0.226 e. The molecule has 0 aromatic rings. The lowest BCUT2D eigenvalue weighted by atomic mass is 9.49. The van der Waals surface area contributed by atoms with Crippen LogP contribution in [-0.4, -0.2) is 27.2 Å². The van der Waals surface area contributed by atoms with Crippen LogP contribution in [-0.2, 0) is 15.6 Å². The van der Waals surface area contributed by atoms with Crippen LogP contribution in [0.1, 0.15) is 59.3 Å². The van der Waals surface area contributed by atoms with E-state index in [9.17, 15) is 9.00 Å². The van der Waals surface area contributed by atoms with Crippen LogP contribution >= 0.6 is 0 Å². The van der Waals surface area contributed by atoms with Crippen LogP contribution in [0, 0.1) is 23.2 Å². The zero-order chi connectivity index (χ0) is 15.3. The van der Waals surface area contributed by atoms with Crippen LogP contribution in [0.4, 0.5) is 0 Å². The lowest BCUT2D eigenvalue weighted by molar-refractivity contribution is -0.146. The van der Waals surface area contributed by atoms with Gasteiger partial charge in [0.1, 0.15) is 0 Å². The number of amides is 1. The van der Waals surface area contributed by atoms with E-state index >= 15 is 0 Å². The van der Waals surface area contributed by atoms with Crippen LogP contribution in [0.3, 0.4) is 0 Å². The lowest BCUT2D eigenvalue weighted by Crippen LogP contribution is -2.54. The molecule has 1 N–H and O–H groups in total. The van der Waals surface area contributed by atoms with E-state index in [1.165, 1.54) is 19.3 Å². The maximum atomic E-state index is 12.7. The molecular formula is C17H29NO2S. The molecule has 0 heterocycles. The predicted octanol–water partition coefficient (Wildman–Crippen LogP) is 2.87. The van der Waals surface area contributed by atoms with Gasteiger partial charge in [-0.3, -0.25) is 9.00 Å². The van der Waals surface area contributed by atoms with Gasteiger partial charge < -0.3 is 5.32 Å². The maximum Gasteiger partial charge on any atom is 0.226 e. The van der Waals surface area contributed by atoms with Crippen LogP contribution in [0.5, 0.6) is 0 Å². The minimum absolute atomic E-state index is 0.0715. The molecule has 4 aliphatic carbocycles. The minimum atomic E-state index is -0.880. The first kappa shape index (κ1) is 15.5. The minimum Gasteiger partial charge on any atom is -0.355 e. The van der Waals surface area contributed by atoms with Crippen molar-refractivity contribution in [3.8, 4) is 0 Å². The average Bonchev–Trinajstić information content (AvgIpc) is 2.35. The van der Waals surface area contributed by atoms with E-state index in [4.69, 9.17) is 0 Å². The molecule has 4 fully saturated rings. The molecular weight excluding hydrogens is 282 g/mol. The molecule has 4 saturated carbocycles. The summed E-state index contributed by atoms with van der Waals surface area (Å²) >= 11 is 0. The third-order valence-electron chi connectivity index (χ3n) is 5.78. The van der Waals surface area contributed by atoms with E-state index < -0.39 is 10.8 Å². The highest BCUT2D eigenvalue weighted by Gasteiger charge is 2.54. The van der Waals surface area contributed by atoms with Gasteiger partial charge in [0.15, 0.2) is 0 Å². The quantitative estimate of drug-likeness (QED) is 0.868. The van der Waals surface area contributed by atoms with E-state index in [0.717, 1.165) is 37.0 Å². The zero-order valence-electron chi connectivity index (χ0n) is 13.6.